The van der Waals surface area contributed by atoms with Crippen LogP contribution in [0.2, 0.25) is 0 Å². The van der Waals surface area contributed by atoms with Crippen molar-refractivity contribution in [3.05, 3.63) is 28.7 Å². The predicted molar refractivity (Wildman–Crippen MR) is 78.1 cm³/mol. The molecule has 3 heterocycles. The van der Waals surface area contributed by atoms with Crippen LogP contribution in [0.3, 0.4) is 0 Å². The van der Waals surface area contributed by atoms with Crippen molar-refractivity contribution < 1.29 is 4.42 Å². The van der Waals surface area contributed by atoms with Gasteiger partial charge in [-0.2, -0.15) is 0 Å². The average Bonchev–Trinajstić information content (AvgIpc) is 3.02. The number of hydrogen-bond donors (Lipinski definition) is 2. The van der Waals surface area contributed by atoms with Crippen LogP contribution < -0.4 is 11.1 Å². The van der Waals surface area contributed by atoms with Crippen LogP contribution in [0.4, 0.5) is 5.69 Å². The minimum atomic E-state index is -0.392. The fourth-order valence-electron chi connectivity index (χ4n) is 3.67. The molecule has 20 heavy (non-hydrogen) atoms. The monoisotopic (exact) mass is 273 g/mol. The molecule has 1 aromatic carbocycles. The number of aromatic amines is 1. The van der Waals surface area contributed by atoms with Crippen LogP contribution in [0.1, 0.15) is 25.7 Å². The van der Waals surface area contributed by atoms with Gasteiger partial charge in [-0.15, -0.1) is 0 Å². The molecule has 106 valence electrons. The number of aromatic nitrogens is 1. The van der Waals surface area contributed by atoms with Crippen molar-refractivity contribution in [1.82, 2.24) is 9.88 Å². The molecule has 0 spiro atoms. The fourth-order valence-corrected chi connectivity index (χ4v) is 3.67. The largest absolute Gasteiger partial charge is 0.417 e. The lowest BCUT2D eigenvalue weighted by molar-refractivity contribution is 0.193. The summed E-state index contributed by atoms with van der Waals surface area (Å²) in [5.74, 6) is -0.392. The third-order valence-corrected chi connectivity index (χ3v) is 4.63. The Hall–Kier alpha value is -1.75. The smallest absolute Gasteiger partial charge is 0.408 e. The molecule has 2 aliphatic rings. The first-order chi connectivity index (χ1) is 9.79. The van der Waals surface area contributed by atoms with Gasteiger partial charge in [-0.1, -0.05) is 6.42 Å². The number of oxazole rings is 1. The summed E-state index contributed by atoms with van der Waals surface area (Å²) < 4.78 is 5.03. The number of nitrogens with one attached hydrogen (secondary N) is 2. The summed E-state index contributed by atoms with van der Waals surface area (Å²) in [7, 11) is 0. The minimum absolute atomic E-state index is 0.392. The predicted octanol–water partition coefficient (Wildman–Crippen LogP) is 2.16. The Morgan fingerprint density at radius 2 is 2.20 bits per heavy atom. The lowest BCUT2D eigenvalue weighted by atomic mass is 9.99. The minimum Gasteiger partial charge on any atom is -0.408 e. The molecular formula is C15H19N3O2. The fraction of sp³-hybridized carbons (Fsp3) is 0.533. The molecule has 2 N–H and O–H groups in total. The van der Waals surface area contributed by atoms with Crippen molar-refractivity contribution >= 4 is 16.8 Å². The maximum absolute atomic E-state index is 11.2. The molecule has 5 heteroatoms. The van der Waals surface area contributed by atoms with Gasteiger partial charge < -0.3 is 9.73 Å². The van der Waals surface area contributed by atoms with Crippen molar-refractivity contribution in [2.24, 2.45) is 0 Å². The number of fused-ring (bicyclic) bond motifs is 2. The van der Waals surface area contributed by atoms with E-state index >= 15 is 0 Å². The van der Waals surface area contributed by atoms with E-state index in [1.165, 1.54) is 38.8 Å². The highest BCUT2D eigenvalue weighted by molar-refractivity contribution is 5.76. The summed E-state index contributed by atoms with van der Waals surface area (Å²) in [6.07, 6.45) is 5.17. The Morgan fingerprint density at radius 1 is 1.25 bits per heavy atom. The number of piperidine rings is 1. The average molecular weight is 273 g/mol. The van der Waals surface area contributed by atoms with Crippen LogP contribution in [-0.4, -0.2) is 35.1 Å². The summed E-state index contributed by atoms with van der Waals surface area (Å²) in [4.78, 5) is 16.5. The van der Waals surface area contributed by atoms with E-state index in [4.69, 9.17) is 4.42 Å². The summed E-state index contributed by atoms with van der Waals surface area (Å²) in [5.41, 5.74) is 2.44. The van der Waals surface area contributed by atoms with Crippen LogP contribution >= 0.6 is 0 Å². The zero-order valence-electron chi connectivity index (χ0n) is 11.4. The lowest BCUT2D eigenvalue weighted by Crippen LogP contribution is -2.41. The zero-order chi connectivity index (χ0) is 13.5. The molecule has 2 atom stereocenters. The Kier molecular flexibility index (Phi) is 2.80. The summed E-state index contributed by atoms with van der Waals surface area (Å²) >= 11 is 0. The highest BCUT2D eigenvalue weighted by Crippen LogP contribution is 2.29. The van der Waals surface area contributed by atoms with Crippen molar-refractivity contribution in [3.63, 3.8) is 0 Å². The van der Waals surface area contributed by atoms with Gasteiger partial charge in [0.1, 0.15) is 0 Å². The summed E-state index contributed by atoms with van der Waals surface area (Å²) in [5, 5.41) is 3.64. The van der Waals surface area contributed by atoms with E-state index in [0.29, 0.717) is 17.7 Å². The quantitative estimate of drug-likeness (QED) is 0.880. The molecule has 4 rings (SSSR count). The number of H-pyrrole nitrogens is 1. The Labute approximate surface area is 117 Å². The van der Waals surface area contributed by atoms with E-state index in [1.807, 2.05) is 18.2 Å². The van der Waals surface area contributed by atoms with Gasteiger partial charge in [0.15, 0.2) is 5.58 Å². The molecule has 0 amide bonds. The van der Waals surface area contributed by atoms with Gasteiger partial charge >= 0.3 is 5.76 Å². The Bertz CT molecular complexity index is 675. The normalized spacial score (nSPS) is 26.8. The van der Waals surface area contributed by atoms with Crippen LogP contribution in [-0.2, 0) is 0 Å². The third-order valence-electron chi connectivity index (χ3n) is 4.63. The molecule has 0 aliphatic carbocycles. The van der Waals surface area contributed by atoms with Crippen molar-refractivity contribution in [3.8, 4) is 0 Å². The van der Waals surface area contributed by atoms with E-state index in [9.17, 15) is 4.79 Å². The maximum atomic E-state index is 11.2. The highest BCUT2D eigenvalue weighted by atomic mass is 16.4. The second-order valence-electron chi connectivity index (χ2n) is 5.86. The second kappa shape index (κ2) is 4.66. The van der Waals surface area contributed by atoms with Crippen molar-refractivity contribution in [2.75, 3.05) is 18.4 Å². The molecule has 2 aliphatic heterocycles. The number of benzene rings is 1. The highest BCUT2D eigenvalue weighted by Gasteiger charge is 2.35. The Morgan fingerprint density at radius 3 is 3.15 bits per heavy atom. The van der Waals surface area contributed by atoms with Crippen LogP contribution in [0.15, 0.2) is 27.4 Å². The van der Waals surface area contributed by atoms with Gasteiger partial charge in [0.25, 0.3) is 0 Å². The molecule has 5 nitrogen and oxygen atoms in total. The van der Waals surface area contributed by atoms with Gasteiger partial charge in [0.2, 0.25) is 0 Å². The van der Waals surface area contributed by atoms with Crippen LogP contribution in [0, 0.1) is 0 Å². The first-order valence-corrected chi connectivity index (χ1v) is 7.43. The van der Waals surface area contributed by atoms with Crippen LogP contribution in [0.5, 0.6) is 0 Å². The molecule has 1 aromatic heterocycles. The molecule has 2 saturated heterocycles. The van der Waals surface area contributed by atoms with Gasteiger partial charge in [-0.25, -0.2) is 4.79 Å². The number of rotatable bonds is 2. The van der Waals surface area contributed by atoms with Gasteiger partial charge in [0, 0.05) is 24.3 Å². The van der Waals surface area contributed by atoms with E-state index in [-0.39, 0.29) is 0 Å². The number of nitrogens with zero attached hydrogens (tertiary/aromatic N) is 1. The van der Waals surface area contributed by atoms with E-state index < -0.39 is 5.76 Å². The van der Waals surface area contributed by atoms with Gasteiger partial charge in [-0.3, -0.25) is 9.88 Å². The molecule has 0 bridgehead atoms. The number of anilines is 1. The topological polar surface area (TPSA) is 61.3 Å². The molecule has 0 radical (unpaired) electrons. The molecule has 0 saturated carbocycles. The summed E-state index contributed by atoms with van der Waals surface area (Å²) in [6.45, 7) is 2.45. The Balaban J connectivity index is 1.56. The standard InChI is InChI=1S/C15H19N3O2/c19-15-17-12-9-10(4-5-14(12)20-15)16-11-6-8-18-7-2-1-3-13(11)18/h4-5,9,11,13,16H,1-3,6-8H2,(H,17,19). The lowest BCUT2D eigenvalue weighted by Gasteiger charge is -2.32. The first kappa shape index (κ1) is 12.0. The van der Waals surface area contributed by atoms with Crippen molar-refractivity contribution in [1.29, 1.82) is 0 Å². The first-order valence-electron chi connectivity index (χ1n) is 7.43. The molecule has 2 fully saturated rings. The van der Waals surface area contributed by atoms with Crippen LogP contribution in [0.25, 0.3) is 11.1 Å². The SMILES string of the molecule is O=c1[nH]c2cc(NC3CCN4CCCCC34)ccc2o1. The summed E-state index contributed by atoms with van der Waals surface area (Å²) in [6, 6.07) is 6.99. The van der Waals surface area contributed by atoms with Gasteiger partial charge in [-0.05, 0) is 44.0 Å². The van der Waals surface area contributed by atoms with E-state index in [1.54, 1.807) is 0 Å². The molecule has 2 aromatic rings. The molecular weight excluding hydrogens is 254 g/mol. The van der Waals surface area contributed by atoms with Crippen molar-refractivity contribution in [2.45, 2.75) is 37.8 Å². The van der Waals surface area contributed by atoms with Gasteiger partial charge in [0.05, 0.1) is 5.52 Å². The van der Waals surface area contributed by atoms with E-state index in [2.05, 4.69) is 15.2 Å². The second-order valence-corrected chi connectivity index (χ2v) is 5.86. The zero-order valence-corrected chi connectivity index (χ0v) is 11.4. The maximum Gasteiger partial charge on any atom is 0.417 e. The van der Waals surface area contributed by atoms with E-state index in [0.717, 1.165) is 11.2 Å². The third kappa shape index (κ3) is 2.02. The molecule has 2 unspecified atom stereocenters. The number of hydrogen-bond acceptors (Lipinski definition) is 4.